The summed E-state index contributed by atoms with van der Waals surface area (Å²) in [5, 5.41) is 3.37. The third kappa shape index (κ3) is 3.93. The van der Waals surface area contributed by atoms with Gasteiger partial charge in [-0.3, -0.25) is 5.43 Å². The normalized spacial score (nSPS) is 21.3. The fourth-order valence-electron chi connectivity index (χ4n) is 2.68. The van der Waals surface area contributed by atoms with Gasteiger partial charge in [-0.15, -0.1) is 0 Å². The molecule has 112 valence electrons. The summed E-state index contributed by atoms with van der Waals surface area (Å²) >= 11 is 0. The van der Waals surface area contributed by atoms with E-state index in [9.17, 15) is 0 Å². The Kier molecular flexibility index (Phi) is 4.59. The summed E-state index contributed by atoms with van der Waals surface area (Å²) in [5.74, 6) is 6.19. The fourth-order valence-corrected chi connectivity index (χ4v) is 2.68. The standard InChI is InChI=1S/C13H24N6O/c1-4-20-12-17-10(16-11(18-12)19-14)15-9-6-5-7-13(2,3)8-9/h9H,4-8,14H2,1-3H3,(H2,15,16,17,18,19). The number of nitrogens with two attached hydrogens (primary N) is 1. The molecule has 1 atom stereocenters. The molecule has 7 heteroatoms. The number of nitrogens with zero attached hydrogens (tertiary/aromatic N) is 3. The lowest BCUT2D eigenvalue weighted by atomic mass is 9.75. The van der Waals surface area contributed by atoms with Crippen LogP contribution in [0.25, 0.3) is 0 Å². The first-order valence-corrected chi connectivity index (χ1v) is 7.14. The van der Waals surface area contributed by atoms with Gasteiger partial charge in [-0.25, -0.2) is 5.84 Å². The molecule has 0 aliphatic heterocycles. The van der Waals surface area contributed by atoms with Gasteiger partial charge in [-0.2, -0.15) is 15.0 Å². The van der Waals surface area contributed by atoms with Crippen molar-refractivity contribution in [2.45, 2.75) is 52.5 Å². The summed E-state index contributed by atoms with van der Waals surface area (Å²) in [6.07, 6.45) is 4.72. The zero-order chi connectivity index (χ0) is 14.6. The summed E-state index contributed by atoms with van der Waals surface area (Å²) < 4.78 is 5.32. The molecule has 0 aromatic carbocycles. The van der Waals surface area contributed by atoms with Crippen molar-refractivity contribution in [3.8, 4) is 6.01 Å². The molecule has 1 aliphatic rings. The van der Waals surface area contributed by atoms with Crippen molar-refractivity contribution in [2.75, 3.05) is 17.3 Å². The van der Waals surface area contributed by atoms with Crippen molar-refractivity contribution in [3.05, 3.63) is 0 Å². The minimum absolute atomic E-state index is 0.285. The molecule has 1 aromatic heterocycles. The van der Waals surface area contributed by atoms with Crippen LogP contribution in [0.3, 0.4) is 0 Å². The maximum absolute atomic E-state index is 5.37. The number of nitrogen functional groups attached to an aromatic ring is 1. The SMILES string of the molecule is CCOc1nc(NN)nc(NC2CCCC(C)(C)C2)n1. The van der Waals surface area contributed by atoms with E-state index in [0.717, 1.165) is 12.8 Å². The number of hydrogen-bond acceptors (Lipinski definition) is 7. The zero-order valence-corrected chi connectivity index (χ0v) is 12.4. The highest BCUT2D eigenvalue weighted by Crippen LogP contribution is 2.36. The average molecular weight is 280 g/mol. The van der Waals surface area contributed by atoms with E-state index >= 15 is 0 Å². The molecule has 1 aromatic rings. The van der Waals surface area contributed by atoms with Crippen molar-refractivity contribution in [2.24, 2.45) is 11.3 Å². The molecule has 1 heterocycles. The van der Waals surface area contributed by atoms with Gasteiger partial charge < -0.3 is 10.1 Å². The molecular formula is C13H24N6O. The predicted molar refractivity (Wildman–Crippen MR) is 78.5 cm³/mol. The van der Waals surface area contributed by atoms with Crippen LogP contribution in [0.5, 0.6) is 6.01 Å². The molecule has 1 saturated carbocycles. The summed E-state index contributed by atoms with van der Waals surface area (Å²) in [4.78, 5) is 12.5. The van der Waals surface area contributed by atoms with Gasteiger partial charge >= 0.3 is 6.01 Å². The zero-order valence-electron chi connectivity index (χ0n) is 12.4. The molecule has 0 saturated heterocycles. The van der Waals surface area contributed by atoms with E-state index in [4.69, 9.17) is 10.6 Å². The van der Waals surface area contributed by atoms with E-state index in [0.29, 0.717) is 30.0 Å². The molecule has 1 aliphatic carbocycles. The number of rotatable bonds is 5. The molecular weight excluding hydrogens is 256 g/mol. The minimum Gasteiger partial charge on any atom is -0.464 e. The van der Waals surface area contributed by atoms with Gasteiger partial charge in [0.25, 0.3) is 0 Å². The lowest BCUT2D eigenvalue weighted by Crippen LogP contribution is -2.32. The number of aromatic nitrogens is 3. The van der Waals surface area contributed by atoms with Crippen LogP contribution in [0.15, 0.2) is 0 Å². The van der Waals surface area contributed by atoms with Crippen LogP contribution in [0.2, 0.25) is 0 Å². The Morgan fingerprint density at radius 3 is 2.70 bits per heavy atom. The average Bonchev–Trinajstić information content (AvgIpc) is 2.37. The quantitative estimate of drug-likeness (QED) is 0.560. The van der Waals surface area contributed by atoms with Crippen LogP contribution in [0, 0.1) is 5.41 Å². The third-order valence-corrected chi connectivity index (χ3v) is 3.56. The number of hydrazine groups is 1. The van der Waals surface area contributed by atoms with Gasteiger partial charge in [0.15, 0.2) is 0 Å². The summed E-state index contributed by atoms with van der Waals surface area (Å²) in [5.41, 5.74) is 2.80. The molecule has 0 bridgehead atoms. The maximum atomic E-state index is 5.37. The van der Waals surface area contributed by atoms with Crippen LogP contribution in [0.1, 0.15) is 46.5 Å². The first kappa shape index (κ1) is 14.8. The second-order valence-electron chi connectivity index (χ2n) is 5.94. The molecule has 0 spiro atoms. The van der Waals surface area contributed by atoms with Crippen LogP contribution in [0.4, 0.5) is 11.9 Å². The molecule has 7 nitrogen and oxygen atoms in total. The van der Waals surface area contributed by atoms with E-state index in [-0.39, 0.29) is 6.01 Å². The Morgan fingerprint density at radius 2 is 2.05 bits per heavy atom. The van der Waals surface area contributed by atoms with Gasteiger partial charge in [0.2, 0.25) is 11.9 Å². The lowest BCUT2D eigenvalue weighted by Gasteiger charge is -2.35. The molecule has 1 unspecified atom stereocenters. The number of nitrogens with one attached hydrogen (secondary N) is 2. The predicted octanol–water partition coefficient (Wildman–Crippen LogP) is 1.94. The minimum atomic E-state index is 0.285. The second-order valence-corrected chi connectivity index (χ2v) is 5.94. The topological polar surface area (TPSA) is 98.0 Å². The Labute approximate surface area is 119 Å². The summed E-state index contributed by atoms with van der Waals surface area (Å²) in [6, 6.07) is 0.661. The number of anilines is 2. The van der Waals surface area contributed by atoms with Gasteiger partial charge in [-0.05, 0) is 31.6 Å². The molecule has 20 heavy (non-hydrogen) atoms. The Hall–Kier alpha value is -1.63. The third-order valence-electron chi connectivity index (χ3n) is 3.56. The molecule has 1 fully saturated rings. The lowest BCUT2D eigenvalue weighted by molar-refractivity contribution is 0.229. The van der Waals surface area contributed by atoms with E-state index in [1.807, 2.05) is 6.92 Å². The largest absolute Gasteiger partial charge is 0.464 e. The van der Waals surface area contributed by atoms with Gasteiger partial charge in [0.1, 0.15) is 0 Å². The van der Waals surface area contributed by atoms with Crippen LogP contribution < -0.4 is 21.3 Å². The van der Waals surface area contributed by atoms with E-state index in [1.165, 1.54) is 12.8 Å². The monoisotopic (exact) mass is 280 g/mol. The highest BCUT2D eigenvalue weighted by atomic mass is 16.5. The Balaban J connectivity index is 2.09. The summed E-state index contributed by atoms with van der Waals surface area (Å²) in [6.45, 7) is 6.99. The van der Waals surface area contributed by atoms with Crippen LogP contribution in [-0.2, 0) is 0 Å². The first-order chi connectivity index (χ1) is 9.52. The highest BCUT2D eigenvalue weighted by Gasteiger charge is 2.28. The summed E-state index contributed by atoms with van der Waals surface area (Å²) in [7, 11) is 0. The smallest absolute Gasteiger partial charge is 0.323 e. The highest BCUT2D eigenvalue weighted by molar-refractivity contribution is 5.35. The molecule has 0 radical (unpaired) electrons. The van der Waals surface area contributed by atoms with E-state index in [2.05, 4.69) is 39.5 Å². The van der Waals surface area contributed by atoms with Crippen molar-refractivity contribution < 1.29 is 4.74 Å². The van der Waals surface area contributed by atoms with Crippen LogP contribution in [-0.4, -0.2) is 27.6 Å². The second kappa shape index (κ2) is 6.21. The van der Waals surface area contributed by atoms with Crippen molar-refractivity contribution in [1.29, 1.82) is 0 Å². The van der Waals surface area contributed by atoms with Crippen molar-refractivity contribution in [3.63, 3.8) is 0 Å². The molecule has 2 rings (SSSR count). The van der Waals surface area contributed by atoms with E-state index < -0.39 is 0 Å². The van der Waals surface area contributed by atoms with E-state index in [1.54, 1.807) is 0 Å². The van der Waals surface area contributed by atoms with Gasteiger partial charge in [-0.1, -0.05) is 20.3 Å². The molecule has 4 N–H and O–H groups in total. The molecule has 0 amide bonds. The van der Waals surface area contributed by atoms with Crippen molar-refractivity contribution in [1.82, 2.24) is 15.0 Å². The number of hydrogen-bond donors (Lipinski definition) is 3. The fraction of sp³-hybridized carbons (Fsp3) is 0.769. The van der Waals surface area contributed by atoms with Gasteiger partial charge in [0, 0.05) is 6.04 Å². The van der Waals surface area contributed by atoms with Crippen molar-refractivity contribution >= 4 is 11.9 Å². The van der Waals surface area contributed by atoms with Gasteiger partial charge in [0.05, 0.1) is 6.61 Å². The first-order valence-electron chi connectivity index (χ1n) is 7.14. The Morgan fingerprint density at radius 1 is 1.30 bits per heavy atom. The Bertz CT molecular complexity index is 450. The van der Waals surface area contributed by atoms with Crippen LogP contribution >= 0.6 is 0 Å². The maximum Gasteiger partial charge on any atom is 0.323 e. The number of ether oxygens (including phenoxy) is 1.